The molecule has 3 aromatic rings. The van der Waals surface area contributed by atoms with Gasteiger partial charge in [0.1, 0.15) is 11.4 Å². The van der Waals surface area contributed by atoms with Crippen molar-refractivity contribution in [3.8, 4) is 5.69 Å². The molecule has 11 heteroatoms. The summed E-state index contributed by atoms with van der Waals surface area (Å²) < 4.78 is 32.7. The molecule has 214 valence electrons. The highest BCUT2D eigenvalue weighted by atomic mass is 32.2. The van der Waals surface area contributed by atoms with E-state index >= 15 is 0 Å². The number of para-hydroxylation sites is 1. The highest BCUT2D eigenvalue weighted by Crippen LogP contribution is 2.43. The SMILES string of the molecule is COCC1CCN(c2cc(C(=O)CS(=O)(=O)CCNC(C)=O)nc3c2c(C2CCC2)nn3-c2ccccc2)CC1. The van der Waals surface area contributed by atoms with Crippen molar-refractivity contribution in [3.05, 3.63) is 47.8 Å². The average Bonchev–Trinajstić information content (AvgIpc) is 3.27. The molecular formula is C29H37N5O5S. The molecule has 2 aliphatic rings. The molecule has 1 aliphatic heterocycles. The number of pyridine rings is 1. The molecule has 1 aliphatic carbocycles. The summed E-state index contributed by atoms with van der Waals surface area (Å²) in [5, 5.41) is 8.48. The number of benzene rings is 1. The molecule has 1 aromatic carbocycles. The number of piperidine rings is 1. The number of hydrogen-bond acceptors (Lipinski definition) is 8. The lowest BCUT2D eigenvalue weighted by Crippen LogP contribution is -2.35. The van der Waals surface area contributed by atoms with Crippen LogP contribution in [0.1, 0.15) is 61.1 Å². The molecule has 5 rings (SSSR count). The second-order valence-corrected chi connectivity index (χ2v) is 13.1. The molecule has 1 amide bonds. The number of ketones is 1. The number of methoxy groups -OCH3 is 1. The van der Waals surface area contributed by atoms with E-state index in [2.05, 4.69) is 10.2 Å². The van der Waals surface area contributed by atoms with Gasteiger partial charge in [0.2, 0.25) is 5.91 Å². The minimum atomic E-state index is -3.75. The molecule has 3 heterocycles. The molecule has 2 fully saturated rings. The van der Waals surface area contributed by atoms with E-state index in [1.807, 2.05) is 30.3 Å². The third-order valence-electron chi connectivity index (χ3n) is 7.92. The van der Waals surface area contributed by atoms with Gasteiger partial charge in [-0.1, -0.05) is 24.6 Å². The molecule has 0 radical (unpaired) electrons. The number of amides is 1. The van der Waals surface area contributed by atoms with E-state index in [9.17, 15) is 18.0 Å². The fourth-order valence-electron chi connectivity index (χ4n) is 5.54. The van der Waals surface area contributed by atoms with Gasteiger partial charge in [0.05, 0.1) is 28.2 Å². The maximum atomic E-state index is 13.4. The molecule has 0 atom stereocenters. The first-order valence-electron chi connectivity index (χ1n) is 14.0. The Morgan fingerprint density at radius 3 is 2.45 bits per heavy atom. The highest BCUT2D eigenvalue weighted by Gasteiger charge is 2.32. The Morgan fingerprint density at radius 1 is 1.10 bits per heavy atom. The Labute approximate surface area is 235 Å². The van der Waals surface area contributed by atoms with Crippen LogP contribution in [-0.2, 0) is 19.4 Å². The second-order valence-electron chi connectivity index (χ2n) is 10.9. The Hall–Kier alpha value is -3.31. The van der Waals surface area contributed by atoms with Crippen LogP contribution in [0.5, 0.6) is 0 Å². The number of Topliss-reactive ketones (excluding diaryl/α,β-unsaturated/α-hetero) is 1. The van der Waals surface area contributed by atoms with Crippen LogP contribution in [0.4, 0.5) is 5.69 Å². The van der Waals surface area contributed by atoms with E-state index < -0.39 is 21.4 Å². The summed E-state index contributed by atoms with van der Waals surface area (Å²) in [7, 11) is -2.02. The Morgan fingerprint density at radius 2 is 1.82 bits per heavy atom. The van der Waals surface area contributed by atoms with Crippen molar-refractivity contribution in [1.82, 2.24) is 20.1 Å². The second kappa shape index (κ2) is 12.1. The van der Waals surface area contributed by atoms with Crippen molar-refractivity contribution in [3.63, 3.8) is 0 Å². The number of ether oxygens (including phenoxy) is 1. The zero-order valence-electron chi connectivity index (χ0n) is 23.1. The zero-order chi connectivity index (χ0) is 28.3. The number of nitrogens with one attached hydrogen (secondary N) is 1. The van der Waals surface area contributed by atoms with E-state index in [0.29, 0.717) is 17.5 Å². The Balaban J connectivity index is 1.58. The molecule has 1 saturated heterocycles. The molecule has 0 bridgehead atoms. The topological polar surface area (TPSA) is 123 Å². The molecule has 2 aromatic heterocycles. The monoisotopic (exact) mass is 567 g/mol. The molecule has 1 saturated carbocycles. The molecule has 0 spiro atoms. The normalized spacial score (nSPS) is 16.7. The Bertz CT molecular complexity index is 1480. The summed E-state index contributed by atoms with van der Waals surface area (Å²) in [5.74, 6) is -1.06. The number of carbonyl (C=O) groups is 2. The number of aromatic nitrogens is 3. The van der Waals surface area contributed by atoms with Crippen LogP contribution in [0.25, 0.3) is 16.7 Å². The van der Waals surface area contributed by atoms with E-state index in [-0.39, 0.29) is 23.9 Å². The summed E-state index contributed by atoms with van der Waals surface area (Å²) in [6.45, 7) is 3.61. The summed E-state index contributed by atoms with van der Waals surface area (Å²) in [6.07, 6.45) is 5.20. The van der Waals surface area contributed by atoms with Crippen LogP contribution < -0.4 is 10.2 Å². The maximum Gasteiger partial charge on any atom is 0.216 e. The third kappa shape index (κ3) is 6.20. The first-order valence-corrected chi connectivity index (χ1v) is 15.8. The predicted octanol–water partition coefficient (Wildman–Crippen LogP) is 3.28. The minimum Gasteiger partial charge on any atom is -0.384 e. The van der Waals surface area contributed by atoms with Crippen LogP contribution in [0.15, 0.2) is 36.4 Å². The third-order valence-corrected chi connectivity index (χ3v) is 9.45. The van der Waals surface area contributed by atoms with Gasteiger partial charge in [-0.25, -0.2) is 18.1 Å². The van der Waals surface area contributed by atoms with E-state index in [4.69, 9.17) is 14.8 Å². The standard InChI is InChI=1S/C29H37N5O5S/c1-20(35)30-13-16-40(37,38)19-26(36)24-17-25(33-14-11-21(12-15-33)18-39-2)27-28(22-7-6-8-22)32-34(29(27)31-24)23-9-4-3-5-10-23/h3-5,9-10,17,21-22H,6-8,11-16,18-19H2,1-2H3,(H,30,35). The predicted molar refractivity (Wildman–Crippen MR) is 154 cm³/mol. The van der Waals surface area contributed by atoms with Crippen LogP contribution >= 0.6 is 0 Å². The maximum absolute atomic E-state index is 13.4. The summed E-state index contributed by atoms with van der Waals surface area (Å²) in [6, 6.07) is 11.5. The van der Waals surface area contributed by atoms with E-state index in [1.165, 1.54) is 6.92 Å². The molecular weight excluding hydrogens is 530 g/mol. The van der Waals surface area contributed by atoms with Gasteiger partial charge in [0, 0.05) is 46.2 Å². The molecule has 10 nitrogen and oxygen atoms in total. The van der Waals surface area contributed by atoms with Crippen molar-refractivity contribution in [2.45, 2.75) is 44.9 Å². The summed E-state index contributed by atoms with van der Waals surface area (Å²) >= 11 is 0. The largest absolute Gasteiger partial charge is 0.384 e. The van der Waals surface area contributed by atoms with Crippen molar-refractivity contribution < 1.29 is 22.7 Å². The molecule has 40 heavy (non-hydrogen) atoms. The number of anilines is 1. The molecule has 1 N–H and O–H groups in total. The van der Waals surface area contributed by atoms with Gasteiger partial charge in [-0.05, 0) is 49.8 Å². The average molecular weight is 568 g/mol. The first kappa shape index (κ1) is 28.2. The van der Waals surface area contributed by atoms with E-state index in [1.54, 1.807) is 17.9 Å². The number of hydrogen-bond donors (Lipinski definition) is 1. The lowest BCUT2D eigenvalue weighted by atomic mass is 9.81. The van der Waals surface area contributed by atoms with Gasteiger partial charge in [-0.2, -0.15) is 5.10 Å². The number of sulfone groups is 1. The van der Waals surface area contributed by atoms with Crippen LogP contribution in [0.2, 0.25) is 0 Å². The Kier molecular flexibility index (Phi) is 8.51. The number of carbonyl (C=O) groups excluding carboxylic acids is 2. The van der Waals surface area contributed by atoms with Gasteiger partial charge in [0.15, 0.2) is 21.3 Å². The number of rotatable bonds is 11. The number of nitrogens with zero attached hydrogens (tertiary/aromatic N) is 4. The van der Waals surface area contributed by atoms with Gasteiger partial charge in [0.25, 0.3) is 0 Å². The minimum absolute atomic E-state index is 0.0371. The van der Waals surface area contributed by atoms with Gasteiger partial charge < -0.3 is 15.0 Å². The molecule has 0 unspecified atom stereocenters. The smallest absolute Gasteiger partial charge is 0.216 e. The summed E-state index contributed by atoms with van der Waals surface area (Å²) in [4.78, 5) is 31.7. The van der Waals surface area contributed by atoms with Crippen LogP contribution in [0.3, 0.4) is 0 Å². The van der Waals surface area contributed by atoms with Gasteiger partial charge in [-0.15, -0.1) is 0 Å². The van der Waals surface area contributed by atoms with Crippen molar-refractivity contribution in [2.24, 2.45) is 5.92 Å². The van der Waals surface area contributed by atoms with Crippen molar-refractivity contribution >= 4 is 38.2 Å². The van der Waals surface area contributed by atoms with Crippen molar-refractivity contribution in [2.75, 3.05) is 49.8 Å². The lowest BCUT2D eigenvalue weighted by molar-refractivity contribution is -0.118. The van der Waals surface area contributed by atoms with Crippen LogP contribution in [-0.4, -0.2) is 79.7 Å². The van der Waals surface area contributed by atoms with Crippen LogP contribution in [0, 0.1) is 5.92 Å². The first-order chi connectivity index (χ1) is 19.3. The fourth-order valence-corrected chi connectivity index (χ4v) is 6.64. The van der Waals surface area contributed by atoms with Crippen molar-refractivity contribution in [1.29, 1.82) is 0 Å². The zero-order valence-corrected chi connectivity index (χ0v) is 24.0. The van der Waals surface area contributed by atoms with Gasteiger partial charge >= 0.3 is 0 Å². The van der Waals surface area contributed by atoms with Gasteiger partial charge in [-0.3, -0.25) is 9.59 Å². The van der Waals surface area contributed by atoms with E-state index in [0.717, 1.165) is 74.3 Å². The quantitative estimate of drug-likeness (QED) is 0.350. The lowest BCUT2D eigenvalue weighted by Gasteiger charge is -2.34. The fraction of sp³-hybridized carbons (Fsp3) is 0.517. The summed E-state index contributed by atoms with van der Waals surface area (Å²) in [5.41, 5.74) is 3.41. The number of fused-ring (bicyclic) bond motifs is 1. The highest BCUT2D eigenvalue weighted by molar-refractivity contribution is 7.92.